The molecule has 0 spiro atoms. The van der Waals surface area contributed by atoms with Crippen LogP contribution >= 0.6 is 0 Å². The van der Waals surface area contributed by atoms with Crippen LogP contribution in [0, 0.1) is 0 Å². The van der Waals surface area contributed by atoms with Gasteiger partial charge in [0.2, 0.25) is 0 Å². The van der Waals surface area contributed by atoms with E-state index in [-0.39, 0.29) is 12.4 Å². The van der Waals surface area contributed by atoms with Crippen molar-refractivity contribution >= 4 is 5.82 Å². The number of H-pyrrole nitrogens is 1. The largest absolute Gasteiger partial charge is 0.433 e. The minimum atomic E-state index is -4.49. The smallest absolute Gasteiger partial charge is 0.381 e. The Labute approximate surface area is 117 Å². The van der Waals surface area contributed by atoms with Gasteiger partial charge in [-0.3, -0.25) is 0 Å². The third-order valence-corrected chi connectivity index (χ3v) is 3.49. The van der Waals surface area contributed by atoms with Crippen molar-refractivity contribution in [1.29, 1.82) is 0 Å². The predicted octanol–water partition coefficient (Wildman–Crippen LogP) is 1.32. The maximum absolute atomic E-state index is 12.7. The lowest BCUT2D eigenvalue weighted by Gasteiger charge is -2.22. The minimum Gasteiger partial charge on any atom is -0.381 e. The minimum absolute atomic E-state index is 0.119. The first kappa shape index (κ1) is 13.8. The Bertz CT molecular complexity index is 630. The monoisotopic (exact) mass is 299 g/mol. The number of pyridine rings is 1. The SMILES string of the molecule is OC1(c2cn[nH]n2)CCN(c2cccc(C(F)(F)F)n2)C1. The van der Waals surface area contributed by atoms with E-state index in [0.717, 1.165) is 6.07 Å². The zero-order valence-corrected chi connectivity index (χ0v) is 10.8. The first-order valence-corrected chi connectivity index (χ1v) is 6.26. The zero-order valence-electron chi connectivity index (χ0n) is 10.8. The molecule has 1 aliphatic heterocycles. The Morgan fingerprint density at radius 3 is 2.81 bits per heavy atom. The number of hydrogen-bond acceptors (Lipinski definition) is 5. The van der Waals surface area contributed by atoms with Crippen LogP contribution in [0.5, 0.6) is 0 Å². The summed E-state index contributed by atoms with van der Waals surface area (Å²) in [5, 5.41) is 20.4. The van der Waals surface area contributed by atoms with Crippen LogP contribution in [-0.4, -0.2) is 38.6 Å². The van der Waals surface area contributed by atoms with E-state index in [9.17, 15) is 18.3 Å². The first-order valence-electron chi connectivity index (χ1n) is 6.26. The summed E-state index contributed by atoms with van der Waals surface area (Å²) in [6.45, 7) is 0.505. The van der Waals surface area contributed by atoms with Crippen molar-refractivity contribution in [2.75, 3.05) is 18.0 Å². The van der Waals surface area contributed by atoms with E-state index in [1.54, 1.807) is 4.90 Å². The number of aliphatic hydroxyl groups is 1. The predicted molar refractivity (Wildman–Crippen MR) is 66.3 cm³/mol. The lowest BCUT2D eigenvalue weighted by Crippen LogP contribution is -2.31. The molecule has 0 saturated carbocycles. The number of nitrogens with one attached hydrogen (secondary N) is 1. The summed E-state index contributed by atoms with van der Waals surface area (Å²) in [5.74, 6) is 0.184. The van der Waals surface area contributed by atoms with Gasteiger partial charge in [0.15, 0.2) is 0 Å². The lowest BCUT2D eigenvalue weighted by atomic mass is 10.0. The van der Waals surface area contributed by atoms with Crippen LogP contribution in [0.2, 0.25) is 0 Å². The third-order valence-electron chi connectivity index (χ3n) is 3.49. The first-order chi connectivity index (χ1) is 9.88. The summed E-state index contributed by atoms with van der Waals surface area (Å²) in [6.07, 6.45) is -2.74. The second kappa shape index (κ2) is 4.69. The number of hydrogen-bond donors (Lipinski definition) is 2. The van der Waals surface area contributed by atoms with Crippen molar-refractivity contribution in [3.05, 3.63) is 35.8 Å². The lowest BCUT2D eigenvalue weighted by molar-refractivity contribution is -0.141. The molecule has 1 unspecified atom stereocenters. The normalized spacial score (nSPS) is 22.8. The Morgan fingerprint density at radius 2 is 2.14 bits per heavy atom. The maximum Gasteiger partial charge on any atom is 0.433 e. The van der Waals surface area contributed by atoms with Crippen molar-refractivity contribution in [2.45, 2.75) is 18.2 Å². The van der Waals surface area contributed by atoms with Gasteiger partial charge in [0, 0.05) is 13.0 Å². The van der Waals surface area contributed by atoms with E-state index in [4.69, 9.17) is 0 Å². The van der Waals surface area contributed by atoms with E-state index in [1.165, 1.54) is 18.3 Å². The highest BCUT2D eigenvalue weighted by Crippen LogP contribution is 2.34. The average Bonchev–Trinajstić information content (AvgIpc) is 3.08. The van der Waals surface area contributed by atoms with Gasteiger partial charge in [-0.15, -0.1) is 0 Å². The highest BCUT2D eigenvalue weighted by molar-refractivity contribution is 5.42. The van der Waals surface area contributed by atoms with Crippen molar-refractivity contribution in [3.8, 4) is 0 Å². The molecule has 0 amide bonds. The quantitative estimate of drug-likeness (QED) is 0.874. The molecular formula is C12H12F3N5O. The molecule has 2 aromatic rings. The van der Waals surface area contributed by atoms with E-state index in [0.29, 0.717) is 18.7 Å². The van der Waals surface area contributed by atoms with Gasteiger partial charge in [-0.1, -0.05) is 6.07 Å². The highest BCUT2D eigenvalue weighted by atomic mass is 19.4. The summed E-state index contributed by atoms with van der Waals surface area (Å²) < 4.78 is 38.0. The van der Waals surface area contributed by atoms with Crippen molar-refractivity contribution in [3.63, 3.8) is 0 Å². The number of aromatic amines is 1. The van der Waals surface area contributed by atoms with Gasteiger partial charge in [-0.2, -0.15) is 28.6 Å². The average molecular weight is 299 g/mol. The van der Waals surface area contributed by atoms with Gasteiger partial charge in [0.05, 0.1) is 12.7 Å². The fourth-order valence-corrected chi connectivity index (χ4v) is 2.38. The standard InChI is InChI=1S/C12H12F3N5O/c13-12(14,15)8-2-1-3-10(17-8)20-5-4-11(21,7-20)9-6-16-19-18-9/h1-3,6,21H,4-5,7H2,(H,16,18,19). The van der Waals surface area contributed by atoms with E-state index < -0.39 is 17.5 Å². The van der Waals surface area contributed by atoms with Gasteiger partial charge in [0.25, 0.3) is 0 Å². The molecule has 0 aromatic carbocycles. The van der Waals surface area contributed by atoms with Crippen molar-refractivity contribution in [1.82, 2.24) is 20.4 Å². The second-order valence-electron chi connectivity index (χ2n) is 4.94. The van der Waals surface area contributed by atoms with Crippen molar-refractivity contribution in [2.24, 2.45) is 0 Å². The maximum atomic E-state index is 12.7. The summed E-state index contributed by atoms with van der Waals surface area (Å²) in [6, 6.07) is 3.71. The van der Waals surface area contributed by atoms with Gasteiger partial charge >= 0.3 is 6.18 Å². The number of β-amino-alcohol motifs (C(OH)–C–C–N with tert-alkyl or cyclic N) is 1. The van der Waals surface area contributed by atoms with Crippen LogP contribution in [0.4, 0.5) is 19.0 Å². The van der Waals surface area contributed by atoms with Crippen LogP contribution in [0.3, 0.4) is 0 Å². The van der Waals surface area contributed by atoms with E-state index in [1.807, 2.05) is 0 Å². The molecule has 1 aliphatic rings. The number of alkyl halides is 3. The molecule has 6 nitrogen and oxygen atoms in total. The number of nitrogens with zero attached hydrogens (tertiary/aromatic N) is 4. The van der Waals surface area contributed by atoms with Crippen LogP contribution in [0.1, 0.15) is 17.8 Å². The molecule has 9 heteroatoms. The molecule has 2 N–H and O–H groups in total. The van der Waals surface area contributed by atoms with Gasteiger partial charge in [-0.05, 0) is 12.1 Å². The molecule has 3 rings (SSSR count). The van der Waals surface area contributed by atoms with E-state index in [2.05, 4.69) is 20.4 Å². The zero-order chi connectivity index (χ0) is 15.1. The summed E-state index contributed by atoms with van der Waals surface area (Å²) in [7, 11) is 0. The number of rotatable bonds is 2. The number of anilines is 1. The molecule has 3 heterocycles. The number of aromatic nitrogens is 4. The Kier molecular flexibility index (Phi) is 3.08. The Morgan fingerprint density at radius 1 is 1.33 bits per heavy atom. The molecule has 21 heavy (non-hydrogen) atoms. The molecule has 1 fully saturated rings. The van der Waals surface area contributed by atoms with E-state index >= 15 is 0 Å². The van der Waals surface area contributed by atoms with Crippen LogP contribution in [0.15, 0.2) is 24.4 Å². The molecule has 0 radical (unpaired) electrons. The fraction of sp³-hybridized carbons (Fsp3) is 0.417. The molecule has 1 saturated heterocycles. The molecule has 112 valence electrons. The Balaban J connectivity index is 1.84. The third kappa shape index (κ3) is 2.56. The van der Waals surface area contributed by atoms with Crippen molar-refractivity contribution < 1.29 is 18.3 Å². The topological polar surface area (TPSA) is 77.9 Å². The molecule has 0 bridgehead atoms. The molecule has 1 atom stereocenters. The Hall–Kier alpha value is -2.16. The summed E-state index contributed by atoms with van der Waals surface area (Å²) in [4.78, 5) is 5.22. The molecular weight excluding hydrogens is 287 g/mol. The van der Waals surface area contributed by atoms with Gasteiger partial charge < -0.3 is 10.0 Å². The number of halogens is 3. The summed E-state index contributed by atoms with van der Waals surface area (Å²) >= 11 is 0. The van der Waals surface area contributed by atoms with Crippen LogP contribution in [-0.2, 0) is 11.8 Å². The van der Waals surface area contributed by atoms with Crippen LogP contribution < -0.4 is 4.90 Å². The van der Waals surface area contributed by atoms with Gasteiger partial charge in [0.1, 0.15) is 22.8 Å². The van der Waals surface area contributed by atoms with Gasteiger partial charge in [-0.25, -0.2) is 4.98 Å². The molecule has 2 aromatic heterocycles. The highest BCUT2D eigenvalue weighted by Gasteiger charge is 2.41. The van der Waals surface area contributed by atoms with Crippen LogP contribution in [0.25, 0.3) is 0 Å². The second-order valence-corrected chi connectivity index (χ2v) is 4.94. The summed E-state index contributed by atoms with van der Waals surface area (Å²) in [5.41, 5.74) is -1.81. The molecule has 0 aliphatic carbocycles. The fourth-order valence-electron chi connectivity index (χ4n) is 2.38.